The lowest BCUT2D eigenvalue weighted by molar-refractivity contribution is -0.113. The number of Topliss-reactive ketones (excluding diaryl/α,β-unsaturated/α-hetero) is 2. The Balaban J connectivity index is 0.000000177. The van der Waals surface area contributed by atoms with Crippen molar-refractivity contribution in [3.05, 3.63) is 169 Å². The third kappa shape index (κ3) is 8.07. The number of benzene rings is 2. The molecule has 6 aromatic heterocycles. The number of nitrogens with zero attached hydrogens (tertiary/aromatic N) is 4. The average molecular weight is 771 g/mol. The van der Waals surface area contributed by atoms with E-state index < -0.39 is 23.4 Å². The largest absolute Gasteiger partial charge is 0.495 e. The number of ether oxygens (including phenoxy) is 2. The average Bonchev–Trinajstić information content (AvgIpc) is 3.84. The highest BCUT2D eigenvalue weighted by molar-refractivity contribution is 6.48. The maximum Gasteiger partial charge on any atom is 0.298 e. The van der Waals surface area contributed by atoms with Crippen molar-refractivity contribution in [2.45, 2.75) is 13.8 Å². The molecule has 2 aromatic carbocycles. The van der Waals surface area contributed by atoms with E-state index in [0.29, 0.717) is 45.3 Å². The molecule has 2 amide bonds. The van der Waals surface area contributed by atoms with Gasteiger partial charge in [0.1, 0.15) is 17.1 Å². The summed E-state index contributed by atoms with van der Waals surface area (Å²) in [7, 11) is 3.07. The second-order valence-electron chi connectivity index (χ2n) is 13.3. The number of carbonyl (C=O) groups is 4. The molecule has 0 saturated heterocycles. The van der Waals surface area contributed by atoms with Crippen molar-refractivity contribution in [1.82, 2.24) is 18.8 Å². The second-order valence-corrected chi connectivity index (χ2v) is 13.3. The summed E-state index contributed by atoms with van der Waals surface area (Å²) in [4.78, 5) is 60.0. The first-order valence-electron chi connectivity index (χ1n) is 18.2. The molecule has 0 fully saturated rings. The summed E-state index contributed by atoms with van der Waals surface area (Å²) in [6.45, 7) is 3.95. The number of aryl methyl sites for hydroxylation is 2. The number of ketones is 2. The SMILES string of the molecule is COc1ccc(NC(=O)C(=O)c2c(-c3ccccc3)cc3c(OC)cccn23)cn1.Cc1ccc(NC(=O)C(=O)c2c(-c3cccnc3)cc3cc(C)ccn23)cc1. The maximum absolute atomic E-state index is 13.2. The number of fused-ring (bicyclic) bond motifs is 2. The van der Waals surface area contributed by atoms with E-state index in [-0.39, 0.29) is 5.69 Å². The summed E-state index contributed by atoms with van der Waals surface area (Å²) in [5, 5.41) is 5.30. The van der Waals surface area contributed by atoms with Crippen molar-refractivity contribution in [2.75, 3.05) is 24.9 Å². The monoisotopic (exact) mass is 770 g/mol. The van der Waals surface area contributed by atoms with Gasteiger partial charge in [0.05, 0.1) is 31.6 Å². The Morgan fingerprint density at radius 3 is 1.91 bits per heavy atom. The minimum absolute atomic E-state index is 0.258. The van der Waals surface area contributed by atoms with Crippen LogP contribution in [0.4, 0.5) is 11.4 Å². The van der Waals surface area contributed by atoms with E-state index >= 15 is 0 Å². The smallest absolute Gasteiger partial charge is 0.298 e. The van der Waals surface area contributed by atoms with Gasteiger partial charge in [-0.1, -0.05) is 54.1 Å². The van der Waals surface area contributed by atoms with Crippen LogP contribution in [0.5, 0.6) is 11.6 Å². The fourth-order valence-electron chi connectivity index (χ4n) is 6.48. The number of anilines is 2. The first kappa shape index (κ1) is 38.4. The van der Waals surface area contributed by atoms with Crippen LogP contribution < -0.4 is 20.1 Å². The van der Waals surface area contributed by atoms with Crippen LogP contribution in [0.1, 0.15) is 32.1 Å². The molecule has 12 nitrogen and oxygen atoms in total. The predicted molar refractivity (Wildman–Crippen MR) is 223 cm³/mol. The lowest BCUT2D eigenvalue weighted by Gasteiger charge is -2.08. The van der Waals surface area contributed by atoms with E-state index in [1.165, 1.54) is 13.3 Å². The molecule has 6 heterocycles. The molecule has 8 rings (SSSR count). The minimum atomic E-state index is -0.762. The number of hydrogen-bond acceptors (Lipinski definition) is 8. The fraction of sp³-hybridized carbons (Fsp3) is 0.0870. The normalized spacial score (nSPS) is 10.7. The number of aromatic nitrogens is 4. The molecule has 0 bridgehead atoms. The van der Waals surface area contributed by atoms with Crippen molar-refractivity contribution in [2.24, 2.45) is 0 Å². The van der Waals surface area contributed by atoms with Gasteiger partial charge in [0.15, 0.2) is 0 Å². The van der Waals surface area contributed by atoms with Crippen LogP contribution in [-0.2, 0) is 9.59 Å². The molecule has 12 heteroatoms. The van der Waals surface area contributed by atoms with Crippen LogP contribution in [0.15, 0.2) is 146 Å². The molecule has 0 aliphatic carbocycles. The van der Waals surface area contributed by atoms with E-state index in [0.717, 1.165) is 27.8 Å². The Kier molecular flexibility index (Phi) is 11.2. The van der Waals surface area contributed by atoms with Gasteiger partial charge in [0, 0.05) is 58.7 Å². The van der Waals surface area contributed by atoms with Crippen molar-refractivity contribution in [1.29, 1.82) is 0 Å². The molecule has 0 aliphatic rings. The minimum Gasteiger partial charge on any atom is -0.495 e. The highest BCUT2D eigenvalue weighted by Crippen LogP contribution is 2.33. The maximum atomic E-state index is 13.2. The molecule has 58 heavy (non-hydrogen) atoms. The molecule has 0 spiro atoms. The summed E-state index contributed by atoms with van der Waals surface area (Å²) < 4.78 is 13.9. The second kappa shape index (κ2) is 16.9. The Morgan fingerprint density at radius 1 is 0.586 bits per heavy atom. The van der Waals surface area contributed by atoms with Crippen LogP contribution in [0.25, 0.3) is 33.3 Å². The zero-order valence-electron chi connectivity index (χ0n) is 32.1. The van der Waals surface area contributed by atoms with Gasteiger partial charge in [0.2, 0.25) is 5.88 Å². The summed E-state index contributed by atoms with van der Waals surface area (Å²) in [5.74, 6) is -1.68. The molecule has 8 aromatic rings. The van der Waals surface area contributed by atoms with Crippen molar-refractivity contribution in [3.8, 4) is 33.9 Å². The van der Waals surface area contributed by atoms with Crippen LogP contribution in [0.3, 0.4) is 0 Å². The quantitative estimate of drug-likeness (QED) is 0.104. The van der Waals surface area contributed by atoms with Gasteiger partial charge >= 0.3 is 0 Å². The van der Waals surface area contributed by atoms with Gasteiger partial charge < -0.3 is 28.9 Å². The highest BCUT2D eigenvalue weighted by Gasteiger charge is 2.27. The summed E-state index contributed by atoms with van der Waals surface area (Å²) in [5.41, 5.74) is 8.21. The zero-order valence-corrected chi connectivity index (χ0v) is 32.1. The Bertz CT molecular complexity index is 2780. The Morgan fingerprint density at radius 2 is 1.26 bits per heavy atom. The molecule has 2 N–H and O–H groups in total. The first-order chi connectivity index (χ1) is 28.1. The van der Waals surface area contributed by atoms with E-state index in [9.17, 15) is 19.2 Å². The van der Waals surface area contributed by atoms with Crippen molar-refractivity contribution in [3.63, 3.8) is 0 Å². The number of methoxy groups -OCH3 is 2. The lowest BCUT2D eigenvalue weighted by Crippen LogP contribution is -2.24. The molecule has 0 saturated carbocycles. The standard InChI is InChI=1S/C23H19N3O4.C23H19N3O2/c1-29-19-9-6-12-26-18(19)13-17(15-7-4-3-5-8-15)21(26)22(27)23(28)25-16-10-11-20(30-2)24-14-16;1-15-5-7-18(8-6-15)25-23(28)22(27)21-20(17-4-3-10-24-14-17)13-19-12-16(2)9-11-26(19)21/h3-14H,1-2H3,(H,25,28);3-14H,1-2H3,(H,25,28). The third-order valence-electron chi connectivity index (χ3n) is 9.33. The Labute approximate surface area is 333 Å². The van der Waals surface area contributed by atoms with Crippen molar-refractivity contribution < 1.29 is 28.7 Å². The van der Waals surface area contributed by atoms with Gasteiger partial charge in [0.25, 0.3) is 23.4 Å². The van der Waals surface area contributed by atoms with Gasteiger partial charge in [-0.15, -0.1) is 0 Å². The molecular weight excluding hydrogens is 733 g/mol. The molecule has 0 unspecified atom stereocenters. The topological polar surface area (TPSA) is 145 Å². The van der Waals surface area contributed by atoms with Gasteiger partial charge in [-0.2, -0.15) is 0 Å². The van der Waals surface area contributed by atoms with Crippen molar-refractivity contribution >= 4 is 45.8 Å². The molecule has 288 valence electrons. The highest BCUT2D eigenvalue weighted by atomic mass is 16.5. The zero-order chi connectivity index (χ0) is 40.8. The Hall–Kier alpha value is -7.86. The van der Waals surface area contributed by atoms with E-state index in [2.05, 4.69) is 20.6 Å². The number of amides is 2. The number of pyridine rings is 4. The van der Waals surface area contributed by atoms with Crippen LogP contribution in [0.2, 0.25) is 0 Å². The van der Waals surface area contributed by atoms with Crippen LogP contribution >= 0.6 is 0 Å². The molecule has 0 radical (unpaired) electrons. The number of nitrogens with one attached hydrogen (secondary N) is 2. The van der Waals surface area contributed by atoms with Crippen LogP contribution in [0, 0.1) is 13.8 Å². The summed E-state index contributed by atoms with van der Waals surface area (Å²) in [6, 6.07) is 34.9. The third-order valence-corrected chi connectivity index (χ3v) is 9.33. The number of hydrogen-bond donors (Lipinski definition) is 2. The molecular formula is C46H38N6O6. The fourth-order valence-corrected chi connectivity index (χ4v) is 6.48. The number of rotatable bonds is 10. The summed E-state index contributed by atoms with van der Waals surface area (Å²) in [6.07, 6.45) is 8.35. The number of carbonyl (C=O) groups excluding carboxylic acids is 4. The van der Waals surface area contributed by atoms with Gasteiger partial charge in [-0.25, -0.2) is 4.98 Å². The lowest BCUT2D eigenvalue weighted by atomic mass is 10.0. The summed E-state index contributed by atoms with van der Waals surface area (Å²) >= 11 is 0. The van der Waals surface area contributed by atoms with Gasteiger partial charge in [-0.05, 0) is 85.6 Å². The first-order valence-corrected chi connectivity index (χ1v) is 18.2. The van der Waals surface area contributed by atoms with E-state index in [4.69, 9.17) is 9.47 Å². The molecule has 0 atom stereocenters. The van der Waals surface area contributed by atoms with E-state index in [1.807, 2.05) is 105 Å². The van der Waals surface area contributed by atoms with E-state index in [1.54, 1.807) is 64.8 Å². The van der Waals surface area contributed by atoms with Crippen LogP contribution in [-0.4, -0.2) is 56.4 Å². The molecule has 0 aliphatic heterocycles. The van der Waals surface area contributed by atoms with Gasteiger partial charge in [-0.3, -0.25) is 24.2 Å². The predicted octanol–water partition coefficient (Wildman–Crippen LogP) is 8.28.